The minimum Gasteiger partial charge on any atom is -0.294 e. The van der Waals surface area contributed by atoms with E-state index in [1.54, 1.807) is 11.8 Å². The lowest BCUT2D eigenvalue weighted by Crippen LogP contribution is -2.30. The van der Waals surface area contributed by atoms with E-state index in [4.69, 9.17) is 0 Å². The first kappa shape index (κ1) is 14.6. The average Bonchev–Trinajstić information content (AvgIpc) is 2.99. The van der Waals surface area contributed by atoms with Gasteiger partial charge in [0.15, 0.2) is 0 Å². The highest BCUT2D eigenvalue weighted by molar-refractivity contribution is 7.99. The fourth-order valence-corrected chi connectivity index (χ4v) is 3.80. The van der Waals surface area contributed by atoms with Crippen LogP contribution in [0.1, 0.15) is 38.3 Å². The topological polar surface area (TPSA) is 16.1 Å². The summed E-state index contributed by atoms with van der Waals surface area (Å²) in [5.74, 6) is 0. The van der Waals surface area contributed by atoms with Crippen LogP contribution in [0.15, 0.2) is 58.6 Å². The van der Waals surface area contributed by atoms with Crippen LogP contribution in [-0.2, 0) is 0 Å². The van der Waals surface area contributed by atoms with E-state index in [0.29, 0.717) is 12.1 Å². The predicted octanol–water partition coefficient (Wildman–Crippen LogP) is 4.78. The summed E-state index contributed by atoms with van der Waals surface area (Å²) in [5.41, 5.74) is 1.36. The molecule has 1 aromatic carbocycles. The third kappa shape index (κ3) is 3.47. The van der Waals surface area contributed by atoms with Gasteiger partial charge in [0, 0.05) is 23.2 Å². The SMILES string of the molecule is CC(C)N1CCC[C@H]1c1ccc(Sc2ccccc2)nc1. The molecule has 1 saturated heterocycles. The molecule has 1 aromatic heterocycles. The second-order valence-corrected chi connectivity index (χ2v) is 6.93. The van der Waals surface area contributed by atoms with Crippen molar-refractivity contribution in [2.24, 2.45) is 0 Å². The highest BCUT2D eigenvalue weighted by Gasteiger charge is 2.27. The molecule has 0 bridgehead atoms. The average molecular weight is 298 g/mol. The molecule has 1 atom stereocenters. The van der Waals surface area contributed by atoms with Crippen LogP contribution < -0.4 is 0 Å². The second kappa shape index (κ2) is 6.63. The summed E-state index contributed by atoms with van der Waals surface area (Å²) in [6.45, 7) is 5.78. The van der Waals surface area contributed by atoms with Crippen molar-refractivity contribution in [1.82, 2.24) is 9.88 Å². The van der Waals surface area contributed by atoms with Gasteiger partial charge < -0.3 is 0 Å². The molecule has 3 rings (SSSR count). The zero-order valence-electron chi connectivity index (χ0n) is 12.7. The molecule has 110 valence electrons. The van der Waals surface area contributed by atoms with Crippen LogP contribution >= 0.6 is 11.8 Å². The monoisotopic (exact) mass is 298 g/mol. The van der Waals surface area contributed by atoms with Gasteiger partial charge in [0.25, 0.3) is 0 Å². The summed E-state index contributed by atoms with van der Waals surface area (Å²) in [5, 5.41) is 1.07. The summed E-state index contributed by atoms with van der Waals surface area (Å²) in [6.07, 6.45) is 4.62. The third-order valence-electron chi connectivity index (χ3n) is 4.07. The van der Waals surface area contributed by atoms with Gasteiger partial charge in [0.2, 0.25) is 0 Å². The van der Waals surface area contributed by atoms with Crippen molar-refractivity contribution in [3.05, 3.63) is 54.2 Å². The Bertz CT molecular complexity index is 566. The summed E-state index contributed by atoms with van der Waals surface area (Å²) >= 11 is 1.72. The van der Waals surface area contributed by atoms with E-state index in [2.05, 4.69) is 66.3 Å². The summed E-state index contributed by atoms with van der Waals surface area (Å²) < 4.78 is 0. The maximum absolute atomic E-state index is 4.65. The van der Waals surface area contributed by atoms with Gasteiger partial charge >= 0.3 is 0 Å². The van der Waals surface area contributed by atoms with Crippen LogP contribution in [0.5, 0.6) is 0 Å². The number of nitrogens with zero attached hydrogens (tertiary/aromatic N) is 2. The van der Waals surface area contributed by atoms with Gasteiger partial charge in [-0.05, 0) is 57.0 Å². The molecule has 1 fully saturated rings. The summed E-state index contributed by atoms with van der Waals surface area (Å²) in [6, 6.07) is 16.0. The lowest BCUT2D eigenvalue weighted by atomic mass is 10.1. The first-order valence-corrected chi connectivity index (χ1v) is 8.50. The summed E-state index contributed by atoms with van der Waals surface area (Å²) in [4.78, 5) is 8.47. The van der Waals surface area contributed by atoms with Crippen molar-refractivity contribution in [2.45, 2.75) is 48.7 Å². The Labute approximate surface area is 131 Å². The standard InChI is InChI=1S/C18H22N2S/c1-14(2)20-12-6-9-17(20)15-10-11-18(19-13-15)21-16-7-4-3-5-8-16/h3-5,7-8,10-11,13-14,17H,6,9,12H2,1-2H3/t17-/m0/s1. The molecule has 3 heteroatoms. The molecule has 0 radical (unpaired) electrons. The molecular formula is C18H22N2S. The van der Waals surface area contributed by atoms with Crippen LogP contribution in [0.4, 0.5) is 0 Å². The first-order valence-electron chi connectivity index (χ1n) is 7.68. The molecule has 2 nitrogen and oxygen atoms in total. The predicted molar refractivity (Wildman–Crippen MR) is 88.6 cm³/mol. The second-order valence-electron chi connectivity index (χ2n) is 5.83. The molecule has 0 N–H and O–H groups in total. The smallest absolute Gasteiger partial charge is 0.101 e. The van der Waals surface area contributed by atoms with Gasteiger partial charge in [-0.3, -0.25) is 4.90 Å². The molecule has 1 aliphatic rings. The van der Waals surface area contributed by atoms with E-state index in [1.165, 1.54) is 29.8 Å². The van der Waals surface area contributed by atoms with Crippen LogP contribution in [0, 0.1) is 0 Å². The van der Waals surface area contributed by atoms with Crippen molar-refractivity contribution in [2.75, 3.05) is 6.54 Å². The maximum atomic E-state index is 4.65. The number of rotatable bonds is 4. The molecule has 0 aliphatic carbocycles. The highest BCUT2D eigenvalue weighted by Crippen LogP contribution is 2.34. The molecule has 21 heavy (non-hydrogen) atoms. The van der Waals surface area contributed by atoms with Crippen LogP contribution in [0.2, 0.25) is 0 Å². The maximum Gasteiger partial charge on any atom is 0.101 e. The number of hydrogen-bond donors (Lipinski definition) is 0. The van der Waals surface area contributed by atoms with Gasteiger partial charge in [0.05, 0.1) is 0 Å². The molecule has 0 saturated carbocycles. The molecule has 1 aliphatic heterocycles. The van der Waals surface area contributed by atoms with Crippen LogP contribution in [-0.4, -0.2) is 22.5 Å². The Morgan fingerprint density at radius 2 is 1.95 bits per heavy atom. The number of benzene rings is 1. The normalized spacial score (nSPS) is 19.3. The van der Waals surface area contributed by atoms with Gasteiger partial charge in [-0.25, -0.2) is 4.98 Å². The minimum atomic E-state index is 0.549. The first-order chi connectivity index (χ1) is 10.2. The van der Waals surface area contributed by atoms with E-state index in [0.717, 1.165) is 5.03 Å². The van der Waals surface area contributed by atoms with Gasteiger partial charge in [0.1, 0.15) is 5.03 Å². The van der Waals surface area contributed by atoms with Crippen molar-refractivity contribution < 1.29 is 0 Å². The lowest BCUT2D eigenvalue weighted by Gasteiger charge is -2.28. The third-order valence-corrected chi connectivity index (χ3v) is 5.03. The molecule has 0 spiro atoms. The Morgan fingerprint density at radius 1 is 1.14 bits per heavy atom. The molecule has 2 heterocycles. The van der Waals surface area contributed by atoms with Gasteiger partial charge in [-0.2, -0.15) is 0 Å². The van der Waals surface area contributed by atoms with Crippen molar-refractivity contribution >= 4 is 11.8 Å². The number of hydrogen-bond acceptors (Lipinski definition) is 3. The Morgan fingerprint density at radius 3 is 2.62 bits per heavy atom. The largest absolute Gasteiger partial charge is 0.294 e. The van der Waals surface area contributed by atoms with Crippen molar-refractivity contribution in [3.8, 4) is 0 Å². The van der Waals surface area contributed by atoms with E-state index in [1.807, 2.05) is 6.07 Å². The minimum absolute atomic E-state index is 0.549. The van der Waals surface area contributed by atoms with Gasteiger partial charge in [-0.15, -0.1) is 0 Å². The number of pyridine rings is 1. The van der Waals surface area contributed by atoms with E-state index in [9.17, 15) is 0 Å². The quantitative estimate of drug-likeness (QED) is 0.808. The van der Waals surface area contributed by atoms with Crippen LogP contribution in [0.3, 0.4) is 0 Å². The Kier molecular flexibility index (Phi) is 4.61. The van der Waals surface area contributed by atoms with Gasteiger partial charge in [-0.1, -0.05) is 36.0 Å². The molecule has 0 unspecified atom stereocenters. The molecule has 2 aromatic rings. The fraction of sp³-hybridized carbons (Fsp3) is 0.389. The zero-order valence-corrected chi connectivity index (χ0v) is 13.5. The van der Waals surface area contributed by atoms with E-state index >= 15 is 0 Å². The number of likely N-dealkylation sites (tertiary alicyclic amines) is 1. The Hall–Kier alpha value is -1.32. The Balaban J connectivity index is 1.72. The van der Waals surface area contributed by atoms with E-state index < -0.39 is 0 Å². The molecule has 0 amide bonds. The zero-order chi connectivity index (χ0) is 14.7. The van der Waals surface area contributed by atoms with Crippen LogP contribution in [0.25, 0.3) is 0 Å². The summed E-state index contributed by atoms with van der Waals surface area (Å²) in [7, 11) is 0. The lowest BCUT2D eigenvalue weighted by molar-refractivity contribution is 0.205. The van der Waals surface area contributed by atoms with Crippen molar-refractivity contribution in [3.63, 3.8) is 0 Å². The fourth-order valence-electron chi connectivity index (χ4n) is 3.02. The molecular weight excluding hydrogens is 276 g/mol. The van der Waals surface area contributed by atoms with Crippen molar-refractivity contribution in [1.29, 1.82) is 0 Å². The number of aromatic nitrogens is 1. The highest BCUT2D eigenvalue weighted by atomic mass is 32.2. The van der Waals surface area contributed by atoms with E-state index in [-0.39, 0.29) is 0 Å².